The highest BCUT2D eigenvalue weighted by atomic mass is 19.1. The minimum absolute atomic E-state index is 0.0648. The van der Waals surface area contributed by atoms with E-state index < -0.39 is 0 Å². The van der Waals surface area contributed by atoms with Crippen LogP contribution >= 0.6 is 0 Å². The van der Waals surface area contributed by atoms with Crippen molar-refractivity contribution < 1.29 is 4.39 Å². The van der Waals surface area contributed by atoms with Crippen LogP contribution in [-0.2, 0) is 5.54 Å². The molecule has 0 aromatic heterocycles. The fraction of sp³-hybridized carbons (Fsp3) is 0.571. The SMILES string of the molecule is CC1(c2ccccc2F)NCC2CCCC21. The molecule has 3 atom stereocenters. The van der Waals surface area contributed by atoms with E-state index in [1.165, 1.54) is 19.3 Å². The van der Waals surface area contributed by atoms with Crippen LogP contribution in [0.15, 0.2) is 24.3 Å². The molecule has 1 aromatic carbocycles. The molecular formula is C14H18FN. The van der Waals surface area contributed by atoms with Gasteiger partial charge in [0.25, 0.3) is 0 Å². The van der Waals surface area contributed by atoms with Crippen LogP contribution < -0.4 is 5.32 Å². The monoisotopic (exact) mass is 219 g/mol. The number of benzene rings is 1. The number of halogens is 1. The van der Waals surface area contributed by atoms with Crippen molar-refractivity contribution >= 4 is 0 Å². The van der Waals surface area contributed by atoms with Crippen LogP contribution in [0.1, 0.15) is 31.7 Å². The van der Waals surface area contributed by atoms with Crippen LogP contribution in [-0.4, -0.2) is 6.54 Å². The van der Waals surface area contributed by atoms with Crippen molar-refractivity contribution in [3.63, 3.8) is 0 Å². The smallest absolute Gasteiger partial charge is 0.128 e. The molecule has 1 N–H and O–H groups in total. The molecule has 0 bridgehead atoms. The van der Waals surface area contributed by atoms with Crippen molar-refractivity contribution in [2.45, 2.75) is 31.7 Å². The van der Waals surface area contributed by atoms with Gasteiger partial charge in [-0.1, -0.05) is 24.6 Å². The topological polar surface area (TPSA) is 12.0 Å². The van der Waals surface area contributed by atoms with Gasteiger partial charge in [-0.05, 0) is 44.2 Å². The molecule has 2 heteroatoms. The molecule has 86 valence electrons. The maximum atomic E-state index is 13.9. The normalized spacial score (nSPS) is 37.6. The summed E-state index contributed by atoms with van der Waals surface area (Å²) in [5.41, 5.74) is 0.705. The first-order valence-corrected chi connectivity index (χ1v) is 6.22. The van der Waals surface area contributed by atoms with Crippen molar-refractivity contribution in [2.24, 2.45) is 11.8 Å². The highest BCUT2D eigenvalue weighted by Crippen LogP contribution is 2.48. The van der Waals surface area contributed by atoms with E-state index in [-0.39, 0.29) is 11.4 Å². The van der Waals surface area contributed by atoms with Crippen LogP contribution in [0.3, 0.4) is 0 Å². The van der Waals surface area contributed by atoms with Gasteiger partial charge in [-0.2, -0.15) is 0 Å². The molecule has 16 heavy (non-hydrogen) atoms. The zero-order valence-electron chi connectivity index (χ0n) is 9.67. The molecule has 1 saturated carbocycles. The Morgan fingerprint density at radius 1 is 1.31 bits per heavy atom. The standard InChI is InChI=1S/C14H18FN/c1-14(12-6-2-3-8-13(12)15)11-7-4-5-10(11)9-16-14/h2-3,6,8,10-11,16H,4-5,7,9H2,1H3. The van der Waals surface area contributed by atoms with Gasteiger partial charge in [0, 0.05) is 11.1 Å². The lowest BCUT2D eigenvalue weighted by atomic mass is 9.78. The average Bonchev–Trinajstić information content (AvgIpc) is 2.84. The molecule has 3 unspecified atom stereocenters. The highest BCUT2D eigenvalue weighted by molar-refractivity contribution is 5.29. The molecule has 2 fully saturated rings. The van der Waals surface area contributed by atoms with E-state index in [1.54, 1.807) is 12.1 Å². The van der Waals surface area contributed by atoms with E-state index in [2.05, 4.69) is 12.2 Å². The molecule has 0 radical (unpaired) electrons. The molecule has 1 aromatic rings. The summed E-state index contributed by atoms with van der Waals surface area (Å²) in [5, 5.41) is 3.55. The Labute approximate surface area is 96.1 Å². The number of fused-ring (bicyclic) bond motifs is 1. The van der Waals surface area contributed by atoms with E-state index in [0.717, 1.165) is 18.0 Å². The number of hydrogen-bond acceptors (Lipinski definition) is 1. The Morgan fingerprint density at radius 3 is 2.94 bits per heavy atom. The van der Waals surface area contributed by atoms with Gasteiger partial charge in [-0.3, -0.25) is 0 Å². The number of nitrogens with one attached hydrogen (secondary N) is 1. The van der Waals surface area contributed by atoms with Crippen LogP contribution in [0, 0.1) is 17.7 Å². The lowest BCUT2D eigenvalue weighted by Crippen LogP contribution is -2.39. The summed E-state index contributed by atoms with van der Waals surface area (Å²) < 4.78 is 13.9. The second-order valence-corrected chi connectivity index (χ2v) is 5.36. The third-order valence-electron chi connectivity index (χ3n) is 4.57. The van der Waals surface area contributed by atoms with E-state index >= 15 is 0 Å². The van der Waals surface area contributed by atoms with E-state index in [1.807, 2.05) is 12.1 Å². The van der Waals surface area contributed by atoms with Crippen LogP contribution in [0.4, 0.5) is 4.39 Å². The Kier molecular flexibility index (Phi) is 2.28. The van der Waals surface area contributed by atoms with Gasteiger partial charge in [-0.15, -0.1) is 0 Å². The maximum absolute atomic E-state index is 13.9. The van der Waals surface area contributed by atoms with Gasteiger partial charge >= 0.3 is 0 Å². The summed E-state index contributed by atoms with van der Waals surface area (Å²) in [5.74, 6) is 1.30. The predicted octanol–water partition coefficient (Wildman–Crippen LogP) is 3.06. The third kappa shape index (κ3) is 1.32. The van der Waals surface area contributed by atoms with E-state index in [4.69, 9.17) is 0 Å². The molecule has 1 aliphatic carbocycles. The van der Waals surface area contributed by atoms with Gasteiger partial charge in [-0.25, -0.2) is 4.39 Å². The summed E-state index contributed by atoms with van der Waals surface area (Å²) in [6, 6.07) is 7.21. The van der Waals surface area contributed by atoms with Crippen molar-refractivity contribution in [3.8, 4) is 0 Å². The van der Waals surface area contributed by atoms with Gasteiger partial charge in [0.05, 0.1) is 0 Å². The summed E-state index contributed by atoms with van der Waals surface area (Å²) in [6.45, 7) is 3.22. The van der Waals surface area contributed by atoms with Crippen molar-refractivity contribution in [1.29, 1.82) is 0 Å². The largest absolute Gasteiger partial charge is 0.307 e. The second kappa shape index (κ2) is 3.56. The van der Waals surface area contributed by atoms with E-state index in [0.29, 0.717) is 5.92 Å². The number of hydrogen-bond donors (Lipinski definition) is 1. The van der Waals surface area contributed by atoms with Gasteiger partial charge in [0.1, 0.15) is 5.82 Å². The maximum Gasteiger partial charge on any atom is 0.128 e. The zero-order chi connectivity index (χ0) is 11.2. The van der Waals surface area contributed by atoms with Crippen LogP contribution in [0.5, 0.6) is 0 Å². The minimum Gasteiger partial charge on any atom is -0.307 e. The summed E-state index contributed by atoms with van der Waals surface area (Å²) >= 11 is 0. The molecular weight excluding hydrogens is 201 g/mol. The molecule has 0 spiro atoms. The average molecular weight is 219 g/mol. The molecule has 1 aliphatic heterocycles. The van der Waals surface area contributed by atoms with Crippen molar-refractivity contribution in [1.82, 2.24) is 5.32 Å². The van der Waals surface area contributed by atoms with Crippen LogP contribution in [0.25, 0.3) is 0 Å². The fourth-order valence-electron chi connectivity index (χ4n) is 3.69. The zero-order valence-corrected chi connectivity index (χ0v) is 9.67. The Bertz CT molecular complexity index is 403. The Hall–Kier alpha value is -0.890. The first kappa shape index (κ1) is 10.3. The summed E-state index contributed by atoms with van der Waals surface area (Å²) in [4.78, 5) is 0. The van der Waals surface area contributed by atoms with Gasteiger partial charge in [0.2, 0.25) is 0 Å². The Balaban J connectivity index is 2.02. The first-order valence-electron chi connectivity index (χ1n) is 6.22. The molecule has 1 saturated heterocycles. The molecule has 2 aliphatic rings. The third-order valence-corrected chi connectivity index (χ3v) is 4.57. The van der Waals surface area contributed by atoms with Crippen molar-refractivity contribution in [2.75, 3.05) is 6.54 Å². The fourth-order valence-corrected chi connectivity index (χ4v) is 3.69. The van der Waals surface area contributed by atoms with Crippen molar-refractivity contribution in [3.05, 3.63) is 35.6 Å². The number of rotatable bonds is 1. The molecule has 0 amide bonds. The highest BCUT2D eigenvalue weighted by Gasteiger charge is 2.48. The first-order chi connectivity index (χ1) is 7.72. The van der Waals surface area contributed by atoms with Gasteiger partial charge < -0.3 is 5.32 Å². The molecule has 3 rings (SSSR count). The summed E-state index contributed by atoms with van der Waals surface area (Å²) in [6.07, 6.45) is 3.85. The lowest BCUT2D eigenvalue weighted by Gasteiger charge is -2.32. The second-order valence-electron chi connectivity index (χ2n) is 5.36. The van der Waals surface area contributed by atoms with E-state index in [9.17, 15) is 4.39 Å². The lowest BCUT2D eigenvalue weighted by molar-refractivity contribution is 0.283. The molecule has 1 heterocycles. The predicted molar refractivity (Wildman–Crippen MR) is 62.6 cm³/mol. The summed E-state index contributed by atoms with van der Waals surface area (Å²) in [7, 11) is 0. The molecule has 1 nitrogen and oxygen atoms in total. The Morgan fingerprint density at radius 2 is 2.12 bits per heavy atom. The minimum atomic E-state index is -0.146. The van der Waals surface area contributed by atoms with Crippen LogP contribution in [0.2, 0.25) is 0 Å². The quantitative estimate of drug-likeness (QED) is 0.765. The van der Waals surface area contributed by atoms with Gasteiger partial charge in [0.15, 0.2) is 0 Å².